The predicted molar refractivity (Wildman–Crippen MR) is 96.2 cm³/mol. The van der Waals surface area contributed by atoms with Crippen LogP contribution < -0.4 is 21.5 Å². The Labute approximate surface area is 135 Å². The molecule has 0 bridgehead atoms. The molecule has 0 saturated heterocycles. The number of benzene rings is 2. The van der Waals surface area contributed by atoms with Crippen LogP contribution in [0.25, 0.3) is 10.1 Å². The van der Waals surface area contributed by atoms with Gasteiger partial charge in [0.1, 0.15) is 11.4 Å². The molecule has 0 radical (unpaired) electrons. The van der Waals surface area contributed by atoms with Crippen molar-refractivity contribution in [1.82, 2.24) is 0 Å². The summed E-state index contributed by atoms with van der Waals surface area (Å²) < 4.78 is 1.13. The summed E-state index contributed by atoms with van der Waals surface area (Å²) in [5.74, 6) is 0. The monoisotopic (exact) mass is 320 g/mol. The van der Waals surface area contributed by atoms with Crippen molar-refractivity contribution in [1.29, 1.82) is 0 Å². The van der Waals surface area contributed by atoms with Crippen LogP contribution in [0.3, 0.4) is 0 Å². The van der Waals surface area contributed by atoms with E-state index in [1.54, 1.807) is 11.3 Å². The third kappa shape index (κ3) is 2.31. The van der Waals surface area contributed by atoms with Crippen molar-refractivity contribution in [3.8, 4) is 0 Å². The van der Waals surface area contributed by atoms with Gasteiger partial charge in [-0.25, -0.2) is 0 Å². The second-order valence-electron chi connectivity index (χ2n) is 5.17. The zero-order chi connectivity index (χ0) is 15.8. The van der Waals surface area contributed by atoms with E-state index in [-0.39, 0.29) is 0 Å². The highest BCUT2D eigenvalue weighted by molar-refractivity contribution is 7.17. The van der Waals surface area contributed by atoms with Gasteiger partial charge in [0.25, 0.3) is 10.9 Å². The van der Waals surface area contributed by atoms with Crippen molar-refractivity contribution < 1.29 is 0 Å². The van der Waals surface area contributed by atoms with Crippen LogP contribution in [-0.4, -0.2) is 0 Å². The summed E-state index contributed by atoms with van der Waals surface area (Å²) in [6.07, 6.45) is 0. The van der Waals surface area contributed by atoms with Crippen LogP contribution in [-0.2, 0) is 0 Å². The molecule has 4 aromatic rings. The molecule has 0 aliphatic rings. The SMILES string of the molecule is O=c1c(Nc2ccccc2)c(Nc2csc3ccccc23)c1=O. The van der Waals surface area contributed by atoms with Gasteiger partial charge in [-0.1, -0.05) is 36.4 Å². The first-order valence-corrected chi connectivity index (χ1v) is 8.00. The van der Waals surface area contributed by atoms with E-state index in [1.807, 2.05) is 60.0 Å². The minimum Gasteiger partial charge on any atom is -0.350 e. The molecule has 5 heteroatoms. The lowest BCUT2D eigenvalue weighted by molar-refractivity contribution is 1.36. The van der Waals surface area contributed by atoms with Crippen molar-refractivity contribution in [3.63, 3.8) is 0 Å². The maximum Gasteiger partial charge on any atom is 0.253 e. The maximum absolute atomic E-state index is 11.9. The molecule has 0 atom stereocenters. The average Bonchev–Trinajstić information content (AvgIpc) is 3.02. The van der Waals surface area contributed by atoms with Crippen LogP contribution in [0.1, 0.15) is 0 Å². The lowest BCUT2D eigenvalue weighted by Crippen LogP contribution is -2.35. The number of thiophene rings is 1. The lowest BCUT2D eigenvalue weighted by Gasteiger charge is -2.14. The van der Waals surface area contributed by atoms with Gasteiger partial charge in [-0.05, 0) is 18.2 Å². The first-order valence-electron chi connectivity index (χ1n) is 7.12. The van der Waals surface area contributed by atoms with Crippen LogP contribution >= 0.6 is 11.3 Å². The fourth-order valence-electron chi connectivity index (χ4n) is 2.51. The van der Waals surface area contributed by atoms with Crippen molar-refractivity contribution in [2.24, 2.45) is 0 Å². The van der Waals surface area contributed by atoms with Gasteiger partial charge in [-0.15, -0.1) is 11.3 Å². The summed E-state index contributed by atoms with van der Waals surface area (Å²) in [6, 6.07) is 17.3. The molecule has 23 heavy (non-hydrogen) atoms. The van der Waals surface area contributed by atoms with Crippen molar-refractivity contribution >= 4 is 44.2 Å². The Morgan fingerprint density at radius 3 is 2.17 bits per heavy atom. The summed E-state index contributed by atoms with van der Waals surface area (Å²) in [5.41, 5.74) is 1.28. The fraction of sp³-hybridized carbons (Fsp3) is 0. The lowest BCUT2D eigenvalue weighted by atomic mass is 10.1. The largest absolute Gasteiger partial charge is 0.350 e. The van der Waals surface area contributed by atoms with E-state index >= 15 is 0 Å². The van der Waals surface area contributed by atoms with Crippen LogP contribution in [0.15, 0.2) is 69.6 Å². The zero-order valence-electron chi connectivity index (χ0n) is 12.0. The minimum atomic E-state index is -0.490. The molecule has 3 aromatic carbocycles. The van der Waals surface area contributed by atoms with E-state index in [1.165, 1.54) is 0 Å². The summed E-state index contributed by atoms with van der Waals surface area (Å²) in [5, 5.41) is 9.12. The molecule has 0 spiro atoms. The highest BCUT2D eigenvalue weighted by atomic mass is 32.1. The Hall–Kier alpha value is -2.92. The number of nitrogens with one attached hydrogen (secondary N) is 2. The molecule has 1 aromatic heterocycles. The molecule has 0 aliphatic carbocycles. The molecular weight excluding hydrogens is 308 g/mol. The highest BCUT2D eigenvalue weighted by Crippen LogP contribution is 2.33. The quantitative estimate of drug-likeness (QED) is 0.558. The van der Waals surface area contributed by atoms with Gasteiger partial charge in [-0.3, -0.25) is 9.59 Å². The van der Waals surface area contributed by atoms with Crippen molar-refractivity contribution in [3.05, 3.63) is 80.4 Å². The Morgan fingerprint density at radius 1 is 0.739 bits per heavy atom. The number of rotatable bonds is 4. The van der Waals surface area contributed by atoms with E-state index in [0.717, 1.165) is 21.5 Å². The number of hydrogen-bond donors (Lipinski definition) is 2. The van der Waals surface area contributed by atoms with Crippen molar-refractivity contribution in [2.45, 2.75) is 0 Å². The molecule has 1 heterocycles. The first-order chi connectivity index (χ1) is 11.2. The van der Waals surface area contributed by atoms with Gasteiger partial charge >= 0.3 is 0 Å². The molecule has 0 fully saturated rings. The molecule has 2 N–H and O–H groups in total. The number of fused-ring (bicyclic) bond motifs is 1. The summed E-state index contributed by atoms with van der Waals surface area (Å²) in [4.78, 5) is 23.8. The second-order valence-corrected chi connectivity index (χ2v) is 6.08. The fourth-order valence-corrected chi connectivity index (χ4v) is 3.40. The van der Waals surface area contributed by atoms with Gasteiger partial charge in [-0.2, -0.15) is 0 Å². The Bertz CT molecular complexity index is 1060. The van der Waals surface area contributed by atoms with Crippen molar-refractivity contribution in [2.75, 3.05) is 10.6 Å². The van der Waals surface area contributed by atoms with Crippen LogP contribution in [0.5, 0.6) is 0 Å². The molecular formula is C18H12N2O2S. The molecule has 4 nitrogen and oxygen atoms in total. The highest BCUT2D eigenvalue weighted by Gasteiger charge is 2.22. The van der Waals surface area contributed by atoms with Gasteiger partial charge in [0.15, 0.2) is 0 Å². The Morgan fingerprint density at radius 2 is 1.39 bits per heavy atom. The van der Waals surface area contributed by atoms with E-state index in [4.69, 9.17) is 0 Å². The molecule has 112 valence electrons. The number of anilines is 4. The van der Waals surface area contributed by atoms with Crippen LogP contribution in [0.4, 0.5) is 22.7 Å². The number of hydrogen-bond acceptors (Lipinski definition) is 5. The van der Waals surface area contributed by atoms with E-state index in [2.05, 4.69) is 10.6 Å². The molecule has 0 saturated carbocycles. The van der Waals surface area contributed by atoms with E-state index in [0.29, 0.717) is 11.4 Å². The van der Waals surface area contributed by atoms with Gasteiger partial charge in [0.2, 0.25) is 0 Å². The third-order valence-electron chi connectivity index (χ3n) is 3.69. The van der Waals surface area contributed by atoms with E-state index in [9.17, 15) is 9.59 Å². The molecule has 0 unspecified atom stereocenters. The van der Waals surface area contributed by atoms with Gasteiger partial charge in [0, 0.05) is 21.2 Å². The Balaban J connectivity index is 1.69. The van der Waals surface area contributed by atoms with E-state index < -0.39 is 10.9 Å². The smallest absolute Gasteiger partial charge is 0.253 e. The molecule has 4 rings (SSSR count). The topological polar surface area (TPSA) is 58.2 Å². The van der Waals surface area contributed by atoms with Crippen LogP contribution in [0, 0.1) is 0 Å². The average molecular weight is 320 g/mol. The van der Waals surface area contributed by atoms with Gasteiger partial charge < -0.3 is 10.6 Å². The third-order valence-corrected chi connectivity index (χ3v) is 4.66. The molecule has 0 amide bonds. The summed E-state index contributed by atoms with van der Waals surface area (Å²) in [6.45, 7) is 0. The van der Waals surface area contributed by atoms with Gasteiger partial charge in [0.05, 0.1) is 5.69 Å². The molecule has 0 aliphatic heterocycles. The normalized spacial score (nSPS) is 11.0. The predicted octanol–water partition coefficient (Wildman–Crippen LogP) is 3.98. The Kier molecular flexibility index (Phi) is 3.20. The second kappa shape index (κ2) is 5.37. The standard InChI is InChI=1S/C18H12N2O2S/c21-17-15(19-11-6-2-1-3-7-11)16(18(17)22)20-13-10-23-14-9-5-4-8-12(13)14/h1-10,19-20H. The summed E-state index contributed by atoms with van der Waals surface area (Å²) in [7, 11) is 0. The maximum atomic E-state index is 11.9. The summed E-state index contributed by atoms with van der Waals surface area (Å²) >= 11 is 1.60. The minimum absolute atomic E-state index is 0.316. The first kappa shape index (κ1) is 13.7. The zero-order valence-corrected chi connectivity index (χ0v) is 12.8. The van der Waals surface area contributed by atoms with Crippen LogP contribution in [0.2, 0.25) is 0 Å². The number of para-hydroxylation sites is 1.